The van der Waals surface area contributed by atoms with Crippen LogP contribution in [0, 0.1) is 11.7 Å². The Kier molecular flexibility index (Phi) is 4.55. The molecule has 124 valence electrons. The summed E-state index contributed by atoms with van der Waals surface area (Å²) in [5, 5.41) is 0. The van der Waals surface area contributed by atoms with Gasteiger partial charge in [0.2, 0.25) is 5.56 Å². The maximum atomic E-state index is 13.0. The summed E-state index contributed by atoms with van der Waals surface area (Å²) in [5.41, 5.74) is 0.582. The van der Waals surface area contributed by atoms with Gasteiger partial charge >= 0.3 is 0 Å². The van der Waals surface area contributed by atoms with Crippen molar-refractivity contribution in [1.29, 1.82) is 0 Å². The lowest BCUT2D eigenvalue weighted by Gasteiger charge is -2.32. The lowest BCUT2D eigenvalue weighted by molar-refractivity contribution is 0.0636. The fourth-order valence-corrected chi connectivity index (χ4v) is 2.95. The van der Waals surface area contributed by atoms with Gasteiger partial charge in [0.15, 0.2) is 5.78 Å². The van der Waals surface area contributed by atoms with E-state index in [2.05, 4.69) is 4.98 Å². The minimum atomic E-state index is -0.384. The van der Waals surface area contributed by atoms with E-state index in [9.17, 15) is 18.8 Å². The number of aromatic nitrogens is 1. The Hall–Kier alpha value is -2.76. The highest BCUT2D eigenvalue weighted by Gasteiger charge is 2.29. The van der Waals surface area contributed by atoms with Crippen LogP contribution in [0.25, 0.3) is 0 Å². The monoisotopic (exact) mass is 328 g/mol. The van der Waals surface area contributed by atoms with Gasteiger partial charge in [-0.3, -0.25) is 14.4 Å². The van der Waals surface area contributed by atoms with Crippen LogP contribution in [0.4, 0.5) is 4.39 Å². The highest BCUT2D eigenvalue weighted by Crippen LogP contribution is 2.22. The minimum Gasteiger partial charge on any atom is -0.338 e. The molecule has 24 heavy (non-hydrogen) atoms. The molecule has 0 saturated carbocycles. The molecule has 1 aliphatic heterocycles. The molecule has 5 nitrogen and oxygen atoms in total. The van der Waals surface area contributed by atoms with Crippen molar-refractivity contribution in [3.05, 3.63) is 69.9 Å². The van der Waals surface area contributed by atoms with Crippen molar-refractivity contribution in [2.24, 2.45) is 5.92 Å². The number of aromatic amines is 1. The van der Waals surface area contributed by atoms with Gasteiger partial charge in [0.1, 0.15) is 5.82 Å². The topological polar surface area (TPSA) is 70.2 Å². The number of pyridine rings is 1. The Balaban J connectivity index is 1.73. The molecule has 1 aromatic heterocycles. The number of nitrogens with zero attached hydrogens (tertiary/aromatic N) is 1. The van der Waals surface area contributed by atoms with Crippen LogP contribution in [-0.4, -0.2) is 34.7 Å². The number of rotatable bonds is 3. The van der Waals surface area contributed by atoms with E-state index in [1.54, 1.807) is 4.90 Å². The quantitative estimate of drug-likeness (QED) is 0.879. The lowest BCUT2D eigenvalue weighted by Crippen LogP contribution is -2.42. The van der Waals surface area contributed by atoms with Crippen molar-refractivity contribution >= 4 is 11.7 Å². The standard InChI is InChI=1S/C18H17FN2O3/c19-15-6-3-12(4-7-15)17(23)14-2-1-9-21(11-14)18(24)13-5-8-16(22)20-10-13/h3-8,10,14H,1-2,9,11H2,(H,20,22)/t14-/m1/s1. The summed E-state index contributed by atoms with van der Waals surface area (Å²) >= 11 is 0. The first-order valence-corrected chi connectivity index (χ1v) is 7.82. The smallest absolute Gasteiger partial charge is 0.255 e. The zero-order valence-electron chi connectivity index (χ0n) is 13.0. The number of H-pyrrole nitrogens is 1. The van der Waals surface area contributed by atoms with E-state index >= 15 is 0 Å². The van der Waals surface area contributed by atoms with Gasteiger partial charge < -0.3 is 9.88 Å². The van der Waals surface area contributed by atoms with Crippen LogP contribution in [-0.2, 0) is 0 Å². The van der Waals surface area contributed by atoms with Gasteiger partial charge in [-0.05, 0) is 43.2 Å². The van der Waals surface area contributed by atoms with Gasteiger partial charge in [-0.25, -0.2) is 4.39 Å². The molecule has 0 unspecified atom stereocenters. The van der Waals surface area contributed by atoms with Crippen molar-refractivity contribution in [3.63, 3.8) is 0 Å². The Morgan fingerprint density at radius 2 is 1.79 bits per heavy atom. The van der Waals surface area contributed by atoms with Crippen LogP contribution in [0.5, 0.6) is 0 Å². The molecule has 2 heterocycles. The van der Waals surface area contributed by atoms with Gasteiger partial charge in [0.05, 0.1) is 5.56 Å². The lowest BCUT2D eigenvalue weighted by atomic mass is 9.89. The summed E-state index contributed by atoms with van der Waals surface area (Å²) in [6, 6.07) is 8.25. The van der Waals surface area contributed by atoms with Crippen molar-refractivity contribution in [2.45, 2.75) is 12.8 Å². The zero-order valence-corrected chi connectivity index (χ0v) is 13.0. The molecule has 1 saturated heterocycles. The first-order valence-electron chi connectivity index (χ1n) is 7.82. The summed E-state index contributed by atoms with van der Waals surface area (Å²) in [4.78, 5) is 40.3. The summed E-state index contributed by atoms with van der Waals surface area (Å²) in [6.07, 6.45) is 2.81. The number of carbonyl (C=O) groups excluding carboxylic acids is 2. The van der Waals surface area contributed by atoms with Gasteiger partial charge in [0, 0.05) is 36.8 Å². The number of amides is 1. The molecular formula is C18H17FN2O3. The third kappa shape index (κ3) is 3.42. The second-order valence-electron chi connectivity index (χ2n) is 5.90. The minimum absolute atomic E-state index is 0.0750. The summed E-state index contributed by atoms with van der Waals surface area (Å²) in [7, 11) is 0. The molecule has 3 rings (SSSR count). The molecule has 2 aromatic rings. The van der Waals surface area contributed by atoms with E-state index in [0.717, 1.165) is 6.42 Å². The van der Waals surface area contributed by atoms with Crippen molar-refractivity contribution in [1.82, 2.24) is 9.88 Å². The van der Waals surface area contributed by atoms with Crippen LogP contribution in [0.3, 0.4) is 0 Å². The predicted octanol–water partition coefficient (Wildman–Crippen LogP) is 2.25. The predicted molar refractivity (Wildman–Crippen MR) is 86.4 cm³/mol. The molecule has 1 N–H and O–H groups in total. The molecule has 0 aliphatic carbocycles. The average molecular weight is 328 g/mol. The normalized spacial score (nSPS) is 17.5. The van der Waals surface area contributed by atoms with Crippen molar-refractivity contribution < 1.29 is 14.0 Å². The number of likely N-dealkylation sites (tertiary alicyclic amines) is 1. The summed E-state index contributed by atoms with van der Waals surface area (Å²) in [5.74, 6) is -0.960. The van der Waals surface area contributed by atoms with Crippen molar-refractivity contribution in [2.75, 3.05) is 13.1 Å². The fraction of sp³-hybridized carbons (Fsp3) is 0.278. The molecule has 0 spiro atoms. The van der Waals surface area contributed by atoms with Crippen molar-refractivity contribution in [3.8, 4) is 0 Å². The second-order valence-corrected chi connectivity index (χ2v) is 5.90. The number of piperidine rings is 1. The molecular weight excluding hydrogens is 311 g/mol. The SMILES string of the molecule is O=C(c1ccc(F)cc1)[C@@H]1CCCN(C(=O)c2ccc(=O)[nH]c2)C1. The molecule has 1 aliphatic rings. The fourth-order valence-electron chi connectivity index (χ4n) is 2.95. The van der Waals surface area contributed by atoms with Gasteiger partial charge in [-0.15, -0.1) is 0 Å². The average Bonchev–Trinajstić information content (AvgIpc) is 2.62. The summed E-state index contributed by atoms with van der Waals surface area (Å²) in [6.45, 7) is 0.902. The molecule has 1 aromatic carbocycles. The zero-order chi connectivity index (χ0) is 17.1. The van der Waals surface area contributed by atoms with E-state index < -0.39 is 0 Å². The number of hydrogen-bond donors (Lipinski definition) is 1. The van der Waals surface area contributed by atoms with Gasteiger partial charge in [-0.2, -0.15) is 0 Å². The molecule has 1 atom stereocenters. The molecule has 6 heteroatoms. The third-order valence-corrected chi connectivity index (χ3v) is 4.24. The maximum absolute atomic E-state index is 13.0. The molecule has 0 bridgehead atoms. The first-order chi connectivity index (χ1) is 11.5. The van der Waals surface area contributed by atoms with Crippen LogP contribution in [0.15, 0.2) is 47.4 Å². The number of ketones is 1. The Bertz CT molecular complexity index is 793. The number of nitrogens with one attached hydrogen (secondary N) is 1. The van der Waals surface area contributed by atoms with Gasteiger partial charge in [0.25, 0.3) is 5.91 Å². The van der Waals surface area contributed by atoms with E-state index in [0.29, 0.717) is 30.6 Å². The number of Topliss-reactive ketones (excluding diaryl/α,β-unsaturated/α-hetero) is 1. The number of benzene rings is 1. The first kappa shape index (κ1) is 16.1. The Morgan fingerprint density at radius 1 is 1.08 bits per heavy atom. The third-order valence-electron chi connectivity index (χ3n) is 4.24. The molecule has 0 radical (unpaired) electrons. The largest absolute Gasteiger partial charge is 0.338 e. The number of carbonyl (C=O) groups is 2. The Labute approximate surface area is 138 Å². The number of hydrogen-bond acceptors (Lipinski definition) is 3. The van der Waals surface area contributed by atoms with Gasteiger partial charge in [-0.1, -0.05) is 0 Å². The molecule has 1 fully saturated rings. The van der Waals surface area contributed by atoms with Crippen LogP contribution >= 0.6 is 0 Å². The highest BCUT2D eigenvalue weighted by atomic mass is 19.1. The summed E-state index contributed by atoms with van der Waals surface area (Å²) < 4.78 is 13.0. The highest BCUT2D eigenvalue weighted by molar-refractivity contribution is 5.99. The van der Waals surface area contributed by atoms with E-state index in [1.807, 2.05) is 0 Å². The Morgan fingerprint density at radius 3 is 2.46 bits per heavy atom. The van der Waals surface area contributed by atoms with E-state index in [-0.39, 0.29) is 29.0 Å². The second kappa shape index (κ2) is 6.78. The van der Waals surface area contributed by atoms with E-state index in [4.69, 9.17) is 0 Å². The van der Waals surface area contributed by atoms with Crippen LogP contribution < -0.4 is 5.56 Å². The van der Waals surface area contributed by atoms with Crippen LogP contribution in [0.2, 0.25) is 0 Å². The maximum Gasteiger partial charge on any atom is 0.255 e. The van der Waals surface area contributed by atoms with E-state index in [1.165, 1.54) is 42.6 Å². The van der Waals surface area contributed by atoms with Crippen LogP contribution in [0.1, 0.15) is 33.6 Å². The molecule has 1 amide bonds. The number of halogens is 1.